The highest BCUT2D eigenvalue weighted by Gasteiger charge is 2.09. The van der Waals surface area contributed by atoms with E-state index in [9.17, 15) is 4.79 Å². The fourth-order valence-corrected chi connectivity index (χ4v) is 3.46. The highest BCUT2D eigenvalue weighted by Crippen LogP contribution is 2.27. The van der Waals surface area contributed by atoms with Crippen molar-refractivity contribution >= 4 is 22.9 Å². The summed E-state index contributed by atoms with van der Waals surface area (Å²) in [7, 11) is 1.65. The Morgan fingerprint density at radius 1 is 1.10 bits per heavy atom. The van der Waals surface area contributed by atoms with Gasteiger partial charge in [-0.3, -0.25) is 4.79 Å². The summed E-state index contributed by atoms with van der Waals surface area (Å²) in [6.07, 6.45) is 1.46. The van der Waals surface area contributed by atoms with Gasteiger partial charge in [0, 0.05) is 16.6 Å². The van der Waals surface area contributed by atoms with Crippen LogP contribution in [-0.2, 0) is 6.61 Å². The van der Waals surface area contributed by atoms with Gasteiger partial charge < -0.3 is 19.2 Å². The van der Waals surface area contributed by atoms with Crippen LogP contribution in [0.1, 0.15) is 16.2 Å². The van der Waals surface area contributed by atoms with E-state index in [0.29, 0.717) is 18.0 Å². The number of ether oxygens (including phenoxy) is 2. The van der Waals surface area contributed by atoms with Crippen molar-refractivity contribution in [3.63, 3.8) is 0 Å². The number of methoxy groups -OCH3 is 1. The molecule has 2 aromatic heterocycles. The molecule has 0 fully saturated rings. The van der Waals surface area contributed by atoms with Crippen molar-refractivity contribution in [2.24, 2.45) is 0 Å². The number of furan rings is 1. The summed E-state index contributed by atoms with van der Waals surface area (Å²) in [6.45, 7) is 0.360. The Labute approximate surface area is 171 Å². The van der Waals surface area contributed by atoms with Gasteiger partial charge in [0.05, 0.1) is 19.1 Å². The molecule has 0 radical (unpaired) electrons. The molecule has 0 atom stereocenters. The molecule has 7 heteroatoms. The van der Waals surface area contributed by atoms with E-state index in [2.05, 4.69) is 10.3 Å². The SMILES string of the molecule is COc1cccc(-c2nc(COc3ccc(NC(=O)c4ccco4)cc3)cs2)c1. The second kappa shape index (κ2) is 8.62. The van der Waals surface area contributed by atoms with E-state index in [0.717, 1.165) is 22.0 Å². The molecule has 0 unspecified atom stereocenters. The molecular formula is C22H18N2O4S. The van der Waals surface area contributed by atoms with Gasteiger partial charge in [0.15, 0.2) is 5.76 Å². The number of rotatable bonds is 7. The number of amides is 1. The largest absolute Gasteiger partial charge is 0.497 e. The highest BCUT2D eigenvalue weighted by atomic mass is 32.1. The molecule has 0 saturated carbocycles. The van der Waals surface area contributed by atoms with Gasteiger partial charge >= 0.3 is 0 Å². The molecule has 6 nitrogen and oxygen atoms in total. The zero-order valence-corrected chi connectivity index (χ0v) is 16.4. The fourth-order valence-electron chi connectivity index (χ4n) is 2.65. The molecule has 0 spiro atoms. The number of hydrogen-bond acceptors (Lipinski definition) is 6. The van der Waals surface area contributed by atoms with Gasteiger partial charge in [-0.2, -0.15) is 0 Å². The Morgan fingerprint density at radius 3 is 2.72 bits per heavy atom. The van der Waals surface area contributed by atoms with Crippen molar-refractivity contribution in [1.29, 1.82) is 0 Å². The first kappa shape index (κ1) is 18.8. The number of carbonyl (C=O) groups excluding carboxylic acids is 1. The molecule has 4 rings (SSSR count). The average molecular weight is 406 g/mol. The molecule has 2 heterocycles. The zero-order chi connectivity index (χ0) is 20.1. The number of aromatic nitrogens is 1. The lowest BCUT2D eigenvalue weighted by Crippen LogP contribution is -2.10. The second-order valence-electron chi connectivity index (χ2n) is 6.12. The third kappa shape index (κ3) is 4.64. The quantitative estimate of drug-likeness (QED) is 0.454. The summed E-state index contributed by atoms with van der Waals surface area (Å²) in [5, 5.41) is 5.66. The van der Waals surface area contributed by atoms with Gasteiger partial charge in [-0.05, 0) is 48.5 Å². The predicted octanol–water partition coefficient (Wildman–Crippen LogP) is 5.24. The topological polar surface area (TPSA) is 73.6 Å². The monoisotopic (exact) mass is 406 g/mol. The molecule has 1 N–H and O–H groups in total. The van der Waals surface area contributed by atoms with Gasteiger partial charge in [0.2, 0.25) is 0 Å². The lowest BCUT2D eigenvalue weighted by molar-refractivity contribution is 0.0996. The van der Waals surface area contributed by atoms with Gasteiger partial charge in [0.1, 0.15) is 23.1 Å². The minimum absolute atomic E-state index is 0.265. The van der Waals surface area contributed by atoms with Crippen LogP contribution in [0, 0.1) is 0 Å². The molecule has 4 aromatic rings. The fraction of sp³-hybridized carbons (Fsp3) is 0.0909. The van der Waals surface area contributed by atoms with E-state index in [1.54, 1.807) is 54.8 Å². The Balaban J connectivity index is 1.34. The standard InChI is InChI=1S/C22H18N2O4S/c1-26-19-5-2-4-15(12-19)22-24-17(14-29-22)13-28-18-9-7-16(8-10-18)23-21(25)20-6-3-11-27-20/h2-12,14H,13H2,1H3,(H,23,25). The van der Waals surface area contributed by atoms with Gasteiger partial charge in [0.25, 0.3) is 5.91 Å². The number of nitrogens with zero attached hydrogens (tertiary/aromatic N) is 1. The minimum atomic E-state index is -0.295. The maximum atomic E-state index is 12.0. The van der Waals surface area contributed by atoms with Crippen LogP contribution >= 0.6 is 11.3 Å². The number of thiazole rings is 1. The maximum Gasteiger partial charge on any atom is 0.291 e. The minimum Gasteiger partial charge on any atom is -0.497 e. The number of hydrogen-bond donors (Lipinski definition) is 1. The van der Waals surface area contributed by atoms with Crippen LogP contribution in [0.4, 0.5) is 5.69 Å². The summed E-state index contributed by atoms with van der Waals surface area (Å²) in [4.78, 5) is 16.6. The Bertz CT molecular complexity index is 1090. The van der Waals surface area contributed by atoms with Gasteiger partial charge in [-0.25, -0.2) is 4.98 Å². The molecule has 0 saturated heterocycles. The van der Waals surface area contributed by atoms with Crippen LogP contribution in [0.25, 0.3) is 10.6 Å². The number of benzene rings is 2. The van der Waals surface area contributed by atoms with Crippen molar-refractivity contribution in [3.05, 3.63) is 83.8 Å². The normalized spacial score (nSPS) is 10.5. The van der Waals surface area contributed by atoms with Crippen LogP contribution < -0.4 is 14.8 Å². The third-order valence-corrected chi connectivity index (χ3v) is 5.05. The van der Waals surface area contributed by atoms with E-state index in [1.807, 2.05) is 29.6 Å². The van der Waals surface area contributed by atoms with E-state index < -0.39 is 0 Å². The van der Waals surface area contributed by atoms with Crippen LogP contribution in [0.5, 0.6) is 11.5 Å². The molecule has 29 heavy (non-hydrogen) atoms. The van der Waals surface area contributed by atoms with Crippen LogP contribution in [0.2, 0.25) is 0 Å². The van der Waals surface area contributed by atoms with Gasteiger partial charge in [-0.15, -0.1) is 11.3 Å². The number of nitrogens with one attached hydrogen (secondary N) is 1. The number of anilines is 1. The summed E-state index contributed by atoms with van der Waals surface area (Å²) in [6, 6.07) is 18.2. The van der Waals surface area contributed by atoms with E-state index >= 15 is 0 Å². The van der Waals surface area contributed by atoms with Crippen LogP contribution in [0.3, 0.4) is 0 Å². The Morgan fingerprint density at radius 2 is 1.97 bits per heavy atom. The number of carbonyl (C=O) groups is 1. The first-order valence-corrected chi connectivity index (χ1v) is 9.76. The van der Waals surface area contributed by atoms with Crippen LogP contribution in [0.15, 0.2) is 76.7 Å². The van der Waals surface area contributed by atoms with E-state index in [-0.39, 0.29) is 11.7 Å². The molecule has 0 aliphatic carbocycles. The van der Waals surface area contributed by atoms with E-state index in [1.165, 1.54) is 6.26 Å². The lowest BCUT2D eigenvalue weighted by Gasteiger charge is -2.07. The van der Waals surface area contributed by atoms with Crippen molar-refractivity contribution in [2.75, 3.05) is 12.4 Å². The summed E-state index contributed by atoms with van der Waals surface area (Å²) < 4.78 is 16.1. The maximum absolute atomic E-state index is 12.0. The van der Waals surface area contributed by atoms with Crippen molar-refractivity contribution in [3.8, 4) is 22.1 Å². The predicted molar refractivity (Wildman–Crippen MR) is 112 cm³/mol. The molecule has 0 bridgehead atoms. The summed E-state index contributed by atoms with van der Waals surface area (Å²) in [5.74, 6) is 1.46. The molecule has 1 amide bonds. The summed E-state index contributed by atoms with van der Waals surface area (Å²) >= 11 is 1.56. The van der Waals surface area contributed by atoms with Crippen LogP contribution in [-0.4, -0.2) is 18.0 Å². The van der Waals surface area contributed by atoms with E-state index in [4.69, 9.17) is 13.9 Å². The van der Waals surface area contributed by atoms with Crippen molar-refractivity contribution in [1.82, 2.24) is 4.98 Å². The first-order chi connectivity index (χ1) is 14.2. The molecule has 0 aliphatic rings. The van der Waals surface area contributed by atoms with Gasteiger partial charge in [-0.1, -0.05) is 12.1 Å². The second-order valence-corrected chi connectivity index (χ2v) is 6.98. The molecule has 0 aliphatic heterocycles. The Kier molecular flexibility index (Phi) is 5.58. The molecule has 2 aromatic carbocycles. The zero-order valence-electron chi connectivity index (χ0n) is 15.6. The molecular weight excluding hydrogens is 388 g/mol. The Hall–Kier alpha value is -3.58. The van der Waals surface area contributed by atoms with Crippen molar-refractivity contribution < 1.29 is 18.7 Å². The lowest BCUT2D eigenvalue weighted by atomic mass is 10.2. The summed E-state index contributed by atoms with van der Waals surface area (Å²) in [5.41, 5.74) is 2.52. The third-order valence-electron chi connectivity index (χ3n) is 4.11. The first-order valence-electron chi connectivity index (χ1n) is 8.88. The van der Waals surface area contributed by atoms with Crippen molar-refractivity contribution in [2.45, 2.75) is 6.61 Å². The average Bonchev–Trinajstić information content (AvgIpc) is 3.46. The highest BCUT2D eigenvalue weighted by molar-refractivity contribution is 7.13. The molecule has 146 valence electrons. The smallest absolute Gasteiger partial charge is 0.291 e.